The summed E-state index contributed by atoms with van der Waals surface area (Å²) in [6.45, 7) is 0.0456. The van der Waals surface area contributed by atoms with Crippen LogP contribution in [-0.4, -0.2) is 13.7 Å². The zero-order valence-corrected chi connectivity index (χ0v) is 13.6. The molecule has 2 aromatic rings. The number of rotatable bonds is 5. The van der Waals surface area contributed by atoms with E-state index in [1.54, 1.807) is 24.3 Å². The van der Waals surface area contributed by atoms with E-state index in [-0.39, 0.29) is 22.8 Å². The van der Waals surface area contributed by atoms with E-state index in [1.807, 2.05) is 6.07 Å². The number of methoxy groups -OCH3 is 1. The number of nitriles is 1. The van der Waals surface area contributed by atoms with Crippen LogP contribution in [0, 0.1) is 29.5 Å². The van der Waals surface area contributed by atoms with Gasteiger partial charge in [-0.3, -0.25) is 0 Å². The van der Waals surface area contributed by atoms with Gasteiger partial charge in [0.1, 0.15) is 12.4 Å². The molecule has 0 aliphatic heterocycles. The molecule has 3 nitrogen and oxygen atoms in total. The Morgan fingerprint density at radius 1 is 1.38 bits per heavy atom. The fourth-order valence-corrected chi connectivity index (χ4v) is 2.37. The molecule has 2 aromatic carbocycles. The molecule has 5 heteroatoms. The number of nitrogens with zero attached hydrogens (tertiary/aromatic N) is 1. The molecule has 0 aromatic heterocycles. The Hall–Kier alpha value is -2.95. The van der Waals surface area contributed by atoms with E-state index in [0.29, 0.717) is 17.1 Å². The highest BCUT2D eigenvalue weighted by atomic mass is 35.5. The molecule has 2 rings (SSSR count). The van der Waals surface area contributed by atoms with Crippen LogP contribution in [0.3, 0.4) is 0 Å². The molecule has 0 heterocycles. The maximum atomic E-state index is 13.9. The molecule has 120 valence electrons. The molecule has 0 aliphatic carbocycles. The van der Waals surface area contributed by atoms with E-state index in [0.717, 1.165) is 0 Å². The molecule has 0 fully saturated rings. The van der Waals surface area contributed by atoms with Crippen LogP contribution in [0.4, 0.5) is 4.39 Å². The monoisotopic (exact) mass is 341 g/mol. The lowest BCUT2D eigenvalue weighted by atomic mass is 10.0. The van der Waals surface area contributed by atoms with Crippen molar-refractivity contribution in [3.8, 4) is 29.9 Å². The van der Waals surface area contributed by atoms with Crippen LogP contribution in [0.15, 0.2) is 36.4 Å². The van der Waals surface area contributed by atoms with Crippen LogP contribution >= 0.6 is 11.6 Å². The van der Waals surface area contributed by atoms with Crippen LogP contribution in [-0.2, 0) is 0 Å². The van der Waals surface area contributed by atoms with Crippen molar-refractivity contribution in [2.24, 2.45) is 0 Å². The Bertz CT molecular complexity index is 863. The first-order chi connectivity index (χ1) is 11.6. The second kappa shape index (κ2) is 8.06. The SMILES string of the molecule is C#CCOc1c(Cl)cc(/C=C(/C#N)c2ccccc2F)cc1OC. The van der Waals surface area contributed by atoms with Gasteiger partial charge in [-0.1, -0.05) is 35.7 Å². The van der Waals surface area contributed by atoms with Gasteiger partial charge in [-0.05, 0) is 29.8 Å². The summed E-state index contributed by atoms with van der Waals surface area (Å²) in [5.41, 5.74) is 0.955. The minimum absolute atomic E-state index is 0.0456. The number of hydrogen-bond donors (Lipinski definition) is 0. The van der Waals surface area contributed by atoms with E-state index < -0.39 is 5.82 Å². The third-order valence-corrected chi connectivity index (χ3v) is 3.43. The molecule has 24 heavy (non-hydrogen) atoms. The highest BCUT2D eigenvalue weighted by Crippen LogP contribution is 2.37. The first-order valence-electron chi connectivity index (χ1n) is 6.91. The molecule has 0 unspecified atom stereocenters. The number of benzene rings is 2. The first-order valence-corrected chi connectivity index (χ1v) is 7.29. The average Bonchev–Trinajstić information content (AvgIpc) is 2.59. The largest absolute Gasteiger partial charge is 0.493 e. The highest BCUT2D eigenvalue weighted by Gasteiger charge is 2.13. The molecular weight excluding hydrogens is 329 g/mol. The molecular formula is C19H13ClFNO2. The third kappa shape index (κ3) is 3.87. The normalized spacial score (nSPS) is 10.6. The number of terminal acetylenes is 1. The van der Waals surface area contributed by atoms with Crippen LogP contribution in [0.5, 0.6) is 11.5 Å². The number of allylic oxidation sites excluding steroid dienone is 1. The topological polar surface area (TPSA) is 42.2 Å². The first kappa shape index (κ1) is 17.4. The highest BCUT2D eigenvalue weighted by molar-refractivity contribution is 6.32. The standard InChI is InChI=1S/C19H13ClFNO2/c1-3-8-24-19-16(20)10-13(11-18(19)23-2)9-14(12-22)15-6-4-5-7-17(15)21/h1,4-7,9-11H,8H2,2H3/b14-9-. The minimum Gasteiger partial charge on any atom is -0.493 e. The quantitative estimate of drug-likeness (QED) is 0.454. The average molecular weight is 342 g/mol. The fraction of sp³-hybridized carbons (Fsp3) is 0.105. The summed E-state index contributed by atoms with van der Waals surface area (Å²) < 4.78 is 24.5. The van der Waals surface area contributed by atoms with Gasteiger partial charge < -0.3 is 9.47 Å². The molecule has 0 radical (unpaired) electrons. The Morgan fingerprint density at radius 3 is 2.75 bits per heavy atom. The second-order valence-corrected chi connectivity index (χ2v) is 5.08. The van der Waals surface area contributed by atoms with E-state index >= 15 is 0 Å². The lowest BCUT2D eigenvalue weighted by Crippen LogP contribution is -1.98. The van der Waals surface area contributed by atoms with E-state index in [4.69, 9.17) is 27.5 Å². The summed E-state index contributed by atoms with van der Waals surface area (Å²) in [6, 6.07) is 11.3. The lowest BCUT2D eigenvalue weighted by Gasteiger charge is -2.12. The van der Waals surface area contributed by atoms with Crippen molar-refractivity contribution in [1.82, 2.24) is 0 Å². The van der Waals surface area contributed by atoms with Crippen LogP contribution in [0.2, 0.25) is 5.02 Å². The van der Waals surface area contributed by atoms with Crippen molar-refractivity contribution >= 4 is 23.3 Å². The van der Waals surface area contributed by atoms with Gasteiger partial charge >= 0.3 is 0 Å². The maximum Gasteiger partial charge on any atom is 0.181 e. The summed E-state index contributed by atoms with van der Waals surface area (Å²) in [5.74, 6) is 2.56. The summed E-state index contributed by atoms with van der Waals surface area (Å²) in [6.07, 6.45) is 6.70. The van der Waals surface area contributed by atoms with Gasteiger partial charge in [-0.2, -0.15) is 5.26 Å². The molecule has 0 bridgehead atoms. The van der Waals surface area contributed by atoms with Gasteiger partial charge in [0.15, 0.2) is 11.5 Å². The summed E-state index contributed by atoms with van der Waals surface area (Å²) in [5, 5.41) is 9.62. The third-order valence-electron chi connectivity index (χ3n) is 3.15. The summed E-state index contributed by atoms with van der Waals surface area (Å²) in [7, 11) is 1.46. The summed E-state index contributed by atoms with van der Waals surface area (Å²) in [4.78, 5) is 0. The van der Waals surface area contributed by atoms with Crippen LogP contribution in [0.1, 0.15) is 11.1 Å². The van der Waals surface area contributed by atoms with E-state index in [1.165, 1.54) is 25.3 Å². The number of halogens is 2. The Labute approximate surface area is 144 Å². The van der Waals surface area contributed by atoms with Gasteiger partial charge in [-0.25, -0.2) is 4.39 Å². The van der Waals surface area contributed by atoms with Gasteiger partial charge in [0.05, 0.1) is 23.8 Å². The molecule has 0 aliphatic rings. The zero-order chi connectivity index (χ0) is 17.5. The fourth-order valence-electron chi connectivity index (χ4n) is 2.09. The van der Waals surface area contributed by atoms with Crippen molar-refractivity contribution < 1.29 is 13.9 Å². The molecule has 0 amide bonds. The number of hydrogen-bond acceptors (Lipinski definition) is 3. The van der Waals surface area contributed by atoms with Crippen molar-refractivity contribution in [2.45, 2.75) is 0 Å². The lowest BCUT2D eigenvalue weighted by molar-refractivity contribution is 0.331. The molecule has 0 N–H and O–H groups in total. The van der Waals surface area contributed by atoms with E-state index in [2.05, 4.69) is 5.92 Å². The predicted octanol–water partition coefficient (Wildman–Crippen LogP) is 4.56. The Balaban J connectivity index is 2.49. The Morgan fingerprint density at radius 2 is 2.12 bits per heavy atom. The van der Waals surface area contributed by atoms with Crippen molar-refractivity contribution in [3.63, 3.8) is 0 Å². The summed E-state index contributed by atoms with van der Waals surface area (Å²) >= 11 is 6.19. The second-order valence-electron chi connectivity index (χ2n) is 4.68. The van der Waals surface area contributed by atoms with E-state index in [9.17, 15) is 9.65 Å². The maximum absolute atomic E-state index is 13.9. The van der Waals surface area contributed by atoms with Gasteiger partial charge in [0.2, 0.25) is 0 Å². The smallest absolute Gasteiger partial charge is 0.181 e. The van der Waals surface area contributed by atoms with Crippen LogP contribution in [0.25, 0.3) is 11.6 Å². The molecule has 0 atom stereocenters. The Kier molecular flexibility index (Phi) is 5.84. The number of ether oxygens (including phenoxy) is 2. The van der Waals surface area contributed by atoms with Gasteiger partial charge in [0.25, 0.3) is 0 Å². The van der Waals surface area contributed by atoms with Crippen molar-refractivity contribution in [2.75, 3.05) is 13.7 Å². The van der Waals surface area contributed by atoms with Gasteiger partial charge in [0, 0.05) is 5.56 Å². The van der Waals surface area contributed by atoms with Crippen molar-refractivity contribution in [3.05, 3.63) is 58.4 Å². The minimum atomic E-state index is -0.475. The predicted molar refractivity (Wildman–Crippen MR) is 92.2 cm³/mol. The van der Waals surface area contributed by atoms with Crippen molar-refractivity contribution in [1.29, 1.82) is 5.26 Å². The van der Waals surface area contributed by atoms with Gasteiger partial charge in [-0.15, -0.1) is 6.42 Å². The zero-order valence-electron chi connectivity index (χ0n) is 12.8. The molecule has 0 saturated carbocycles. The molecule has 0 spiro atoms. The molecule has 0 saturated heterocycles. The van der Waals surface area contributed by atoms with Crippen LogP contribution < -0.4 is 9.47 Å².